The van der Waals surface area contributed by atoms with Crippen molar-refractivity contribution in [1.29, 1.82) is 0 Å². The van der Waals surface area contributed by atoms with Crippen molar-refractivity contribution in [3.05, 3.63) is 24.2 Å². The lowest BCUT2D eigenvalue weighted by molar-refractivity contribution is 0.200. The normalized spacial score (nSPS) is 31.5. The van der Waals surface area contributed by atoms with Gasteiger partial charge < -0.3 is 9.73 Å². The van der Waals surface area contributed by atoms with Crippen molar-refractivity contribution in [2.45, 2.75) is 44.8 Å². The quantitative estimate of drug-likeness (QED) is 0.847. The summed E-state index contributed by atoms with van der Waals surface area (Å²) in [7, 11) is 0. The number of furan rings is 1. The molecule has 0 saturated carbocycles. The fourth-order valence-electron chi connectivity index (χ4n) is 3.40. The van der Waals surface area contributed by atoms with Gasteiger partial charge in [0.2, 0.25) is 0 Å². The van der Waals surface area contributed by atoms with Gasteiger partial charge in [-0.2, -0.15) is 0 Å². The fraction of sp³-hybridized carbons (Fsp3) is 0.714. The lowest BCUT2D eigenvalue weighted by Gasteiger charge is -2.27. The molecule has 3 atom stereocenters. The highest BCUT2D eigenvalue weighted by Gasteiger charge is 2.39. The van der Waals surface area contributed by atoms with Crippen molar-refractivity contribution in [3.8, 4) is 0 Å². The largest absolute Gasteiger partial charge is 0.468 e. The van der Waals surface area contributed by atoms with Crippen LogP contribution in [-0.2, 0) is 6.54 Å². The molecule has 2 bridgehead atoms. The summed E-state index contributed by atoms with van der Waals surface area (Å²) >= 11 is 0. The summed E-state index contributed by atoms with van der Waals surface area (Å²) in [5, 5.41) is 3.72. The predicted octanol–water partition coefficient (Wildman–Crippen LogP) is 2.24. The molecule has 94 valence electrons. The van der Waals surface area contributed by atoms with Crippen molar-refractivity contribution in [2.75, 3.05) is 13.1 Å². The Bertz CT molecular complexity index is 349. The van der Waals surface area contributed by atoms with Crippen LogP contribution in [0.3, 0.4) is 0 Å². The molecule has 2 saturated heterocycles. The molecule has 3 nitrogen and oxygen atoms in total. The Kier molecular flexibility index (Phi) is 3.21. The molecular weight excluding hydrogens is 212 g/mol. The molecule has 0 radical (unpaired) electrons. The van der Waals surface area contributed by atoms with E-state index in [9.17, 15) is 0 Å². The van der Waals surface area contributed by atoms with E-state index in [1.807, 2.05) is 6.07 Å². The summed E-state index contributed by atoms with van der Waals surface area (Å²) < 4.78 is 5.43. The lowest BCUT2D eigenvalue weighted by atomic mass is 9.89. The minimum Gasteiger partial charge on any atom is -0.468 e. The second-order valence-electron chi connectivity index (χ2n) is 5.45. The first kappa shape index (κ1) is 11.3. The molecule has 2 aliphatic heterocycles. The van der Waals surface area contributed by atoms with Gasteiger partial charge in [0.05, 0.1) is 12.8 Å². The van der Waals surface area contributed by atoms with E-state index in [4.69, 9.17) is 4.42 Å². The Balaban J connectivity index is 1.55. The van der Waals surface area contributed by atoms with Crippen LogP contribution >= 0.6 is 0 Å². The fourth-order valence-corrected chi connectivity index (χ4v) is 3.40. The van der Waals surface area contributed by atoms with Gasteiger partial charge in [0.15, 0.2) is 0 Å². The molecule has 0 aromatic carbocycles. The standard InChI is InChI=1S/C14H22N2O/c1-2-16(10-13-4-3-7-17-13)9-11-8-12-5-6-14(11)15-12/h3-4,7,11-12,14-15H,2,5-6,8-10H2,1H3. The molecule has 2 aliphatic rings. The highest BCUT2D eigenvalue weighted by atomic mass is 16.3. The summed E-state index contributed by atoms with van der Waals surface area (Å²) in [5.41, 5.74) is 0. The maximum absolute atomic E-state index is 5.43. The number of hydrogen-bond donors (Lipinski definition) is 1. The Morgan fingerprint density at radius 2 is 2.41 bits per heavy atom. The molecule has 1 N–H and O–H groups in total. The lowest BCUT2D eigenvalue weighted by Crippen LogP contribution is -2.34. The number of hydrogen-bond acceptors (Lipinski definition) is 3. The van der Waals surface area contributed by atoms with E-state index in [0.29, 0.717) is 0 Å². The summed E-state index contributed by atoms with van der Waals surface area (Å²) in [4.78, 5) is 2.51. The van der Waals surface area contributed by atoms with Crippen LogP contribution in [0.4, 0.5) is 0 Å². The van der Waals surface area contributed by atoms with Gasteiger partial charge in [-0.1, -0.05) is 6.92 Å². The third-order valence-corrected chi connectivity index (χ3v) is 4.33. The average molecular weight is 234 g/mol. The summed E-state index contributed by atoms with van der Waals surface area (Å²) in [6.45, 7) is 5.51. The van der Waals surface area contributed by atoms with Crippen LogP contribution < -0.4 is 5.32 Å². The maximum atomic E-state index is 5.43. The van der Waals surface area contributed by atoms with Crippen LogP contribution in [0.15, 0.2) is 22.8 Å². The topological polar surface area (TPSA) is 28.4 Å². The van der Waals surface area contributed by atoms with Gasteiger partial charge in [-0.05, 0) is 43.9 Å². The number of fused-ring (bicyclic) bond motifs is 2. The molecule has 3 heteroatoms. The summed E-state index contributed by atoms with van der Waals surface area (Å²) in [5.74, 6) is 1.94. The Hall–Kier alpha value is -0.800. The van der Waals surface area contributed by atoms with Crippen molar-refractivity contribution in [2.24, 2.45) is 5.92 Å². The zero-order valence-corrected chi connectivity index (χ0v) is 10.6. The van der Waals surface area contributed by atoms with E-state index < -0.39 is 0 Å². The second kappa shape index (κ2) is 4.83. The molecule has 0 aliphatic carbocycles. The van der Waals surface area contributed by atoms with Crippen LogP contribution in [0.5, 0.6) is 0 Å². The van der Waals surface area contributed by atoms with Gasteiger partial charge in [0.25, 0.3) is 0 Å². The average Bonchev–Trinajstić information content (AvgIpc) is 3.04. The van der Waals surface area contributed by atoms with E-state index in [0.717, 1.165) is 36.9 Å². The summed E-state index contributed by atoms with van der Waals surface area (Å²) in [6.07, 6.45) is 5.92. The van der Waals surface area contributed by atoms with E-state index in [-0.39, 0.29) is 0 Å². The molecule has 2 fully saturated rings. The van der Waals surface area contributed by atoms with Gasteiger partial charge in [0.1, 0.15) is 5.76 Å². The number of nitrogens with one attached hydrogen (secondary N) is 1. The van der Waals surface area contributed by atoms with E-state index in [1.165, 1.54) is 25.8 Å². The van der Waals surface area contributed by atoms with Gasteiger partial charge in [-0.15, -0.1) is 0 Å². The maximum Gasteiger partial charge on any atom is 0.117 e. The highest BCUT2D eigenvalue weighted by Crippen LogP contribution is 2.33. The van der Waals surface area contributed by atoms with Crippen LogP contribution in [0.2, 0.25) is 0 Å². The van der Waals surface area contributed by atoms with Crippen molar-refractivity contribution >= 4 is 0 Å². The minimum atomic E-state index is 0.783. The monoisotopic (exact) mass is 234 g/mol. The smallest absolute Gasteiger partial charge is 0.117 e. The third-order valence-electron chi connectivity index (χ3n) is 4.33. The first-order valence-corrected chi connectivity index (χ1v) is 6.86. The first-order valence-electron chi connectivity index (χ1n) is 6.86. The van der Waals surface area contributed by atoms with Crippen LogP contribution in [0.1, 0.15) is 31.9 Å². The number of nitrogens with zero attached hydrogens (tertiary/aromatic N) is 1. The molecule has 1 aromatic rings. The van der Waals surface area contributed by atoms with Gasteiger partial charge in [-0.25, -0.2) is 0 Å². The van der Waals surface area contributed by atoms with E-state index in [1.54, 1.807) is 6.26 Å². The third kappa shape index (κ3) is 2.40. The van der Waals surface area contributed by atoms with Crippen molar-refractivity contribution in [3.63, 3.8) is 0 Å². The van der Waals surface area contributed by atoms with E-state index in [2.05, 4.69) is 23.2 Å². The molecule has 0 amide bonds. The van der Waals surface area contributed by atoms with Crippen LogP contribution in [0.25, 0.3) is 0 Å². The second-order valence-corrected chi connectivity index (χ2v) is 5.45. The van der Waals surface area contributed by atoms with Gasteiger partial charge >= 0.3 is 0 Å². The van der Waals surface area contributed by atoms with Gasteiger partial charge in [0, 0.05) is 18.6 Å². The van der Waals surface area contributed by atoms with Crippen LogP contribution in [-0.4, -0.2) is 30.1 Å². The zero-order valence-electron chi connectivity index (χ0n) is 10.6. The molecule has 0 spiro atoms. The molecule has 3 rings (SSSR count). The Morgan fingerprint density at radius 1 is 1.47 bits per heavy atom. The molecule has 17 heavy (non-hydrogen) atoms. The highest BCUT2D eigenvalue weighted by molar-refractivity contribution is 5.00. The number of rotatable bonds is 5. The minimum absolute atomic E-state index is 0.783. The Morgan fingerprint density at radius 3 is 3.00 bits per heavy atom. The predicted molar refractivity (Wildman–Crippen MR) is 67.7 cm³/mol. The molecule has 1 aromatic heterocycles. The summed E-state index contributed by atoms with van der Waals surface area (Å²) in [6, 6.07) is 5.64. The van der Waals surface area contributed by atoms with Crippen molar-refractivity contribution < 1.29 is 4.42 Å². The molecular formula is C14H22N2O. The molecule has 3 heterocycles. The van der Waals surface area contributed by atoms with Gasteiger partial charge in [-0.3, -0.25) is 4.90 Å². The Labute approximate surface area is 103 Å². The zero-order chi connectivity index (χ0) is 11.7. The van der Waals surface area contributed by atoms with E-state index >= 15 is 0 Å². The SMILES string of the molecule is CCN(Cc1ccco1)CC1CC2CCC1N2. The molecule has 3 unspecified atom stereocenters. The van der Waals surface area contributed by atoms with Crippen molar-refractivity contribution in [1.82, 2.24) is 10.2 Å². The van der Waals surface area contributed by atoms with Crippen LogP contribution in [0, 0.1) is 5.92 Å². The first-order chi connectivity index (χ1) is 8.35.